The van der Waals surface area contributed by atoms with Crippen LogP contribution in [0.3, 0.4) is 0 Å². The Morgan fingerprint density at radius 2 is 1.51 bits per heavy atom. The van der Waals surface area contributed by atoms with Crippen molar-refractivity contribution in [2.45, 2.75) is 70.5 Å². The molecule has 0 spiro atoms. The predicted molar refractivity (Wildman–Crippen MR) is 166 cm³/mol. The van der Waals surface area contributed by atoms with Crippen LogP contribution in [0.15, 0.2) is 77.7 Å². The number of nitrogens with zero attached hydrogens (tertiary/aromatic N) is 2. The second-order valence-electron chi connectivity index (χ2n) is 10.4. The summed E-state index contributed by atoms with van der Waals surface area (Å²) < 4.78 is 28.9. The number of benzene rings is 3. The molecule has 0 aliphatic rings. The highest BCUT2D eigenvalue weighted by molar-refractivity contribution is 7.92. The summed E-state index contributed by atoms with van der Waals surface area (Å²) in [5.41, 5.74) is 2.04. The molecule has 1 atom stereocenters. The molecule has 0 unspecified atom stereocenters. The largest absolute Gasteiger partial charge is 0.352 e. The van der Waals surface area contributed by atoms with E-state index in [0.29, 0.717) is 27.7 Å². The number of sulfonamides is 1. The number of rotatable bonds is 12. The van der Waals surface area contributed by atoms with Gasteiger partial charge in [-0.1, -0.05) is 80.4 Å². The standard InChI is InChI=1S/C31H37Cl2N3O4S/c1-6-29(31(38)34-22(4)5)35(19-23-12-17-27(32)28(33)18-23)30(37)20-36(25-15-13-24(14-16-25)21(2)3)41(39,40)26-10-8-7-9-11-26/h7-18,21-22,29H,6,19-20H2,1-5H3,(H,34,38)/t29-/m0/s1. The van der Waals surface area contributed by atoms with Crippen molar-refractivity contribution in [3.8, 4) is 0 Å². The van der Waals surface area contributed by atoms with Crippen LogP contribution >= 0.6 is 23.2 Å². The van der Waals surface area contributed by atoms with E-state index < -0.39 is 28.5 Å². The Morgan fingerprint density at radius 1 is 0.878 bits per heavy atom. The average Bonchev–Trinajstić information content (AvgIpc) is 2.93. The molecular weight excluding hydrogens is 581 g/mol. The molecule has 220 valence electrons. The van der Waals surface area contributed by atoms with E-state index in [1.807, 2.05) is 46.8 Å². The predicted octanol–water partition coefficient (Wildman–Crippen LogP) is 6.64. The molecule has 10 heteroatoms. The van der Waals surface area contributed by atoms with E-state index >= 15 is 0 Å². The van der Waals surface area contributed by atoms with Crippen LogP contribution in [-0.4, -0.2) is 43.8 Å². The normalized spacial score (nSPS) is 12.3. The second-order valence-corrected chi connectivity index (χ2v) is 13.1. The van der Waals surface area contributed by atoms with E-state index in [0.717, 1.165) is 9.87 Å². The van der Waals surface area contributed by atoms with Gasteiger partial charge < -0.3 is 10.2 Å². The van der Waals surface area contributed by atoms with Gasteiger partial charge in [0.2, 0.25) is 11.8 Å². The van der Waals surface area contributed by atoms with Crippen molar-refractivity contribution in [3.63, 3.8) is 0 Å². The van der Waals surface area contributed by atoms with E-state index in [-0.39, 0.29) is 29.3 Å². The molecule has 0 aliphatic heterocycles. The van der Waals surface area contributed by atoms with Gasteiger partial charge >= 0.3 is 0 Å². The zero-order chi connectivity index (χ0) is 30.3. The van der Waals surface area contributed by atoms with Crippen molar-refractivity contribution < 1.29 is 18.0 Å². The highest BCUT2D eigenvalue weighted by Gasteiger charge is 2.34. The van der Waals surface area contributed by atoms with Gasteiger partial charge in [-0.2, -0.15) is 0 Å². The molecule has 1 N–H and O–H groups in total. The Bertz CT molecular complexity index is 1450. The van der Waals surface area contributed by atoms with Gasteiger partial charge in [-0.25, -0.2) is 8.42 Å². The molecule has 0 fully saturated rings. The highest BCUT2D eigenvalue weighted by Crippen LogP contribution is 2.28. The number of amides is 2. The third-order valence-electron chi connectivity index (χ3n) is 6.61. The third-order valence-corrected chi connectivity index (χ3v) is 9.14. The number of halogens is 2. The summed E-state index contributed by atoms with van der Waals surface area (Å²) in [4.78, 5) is 28.8. The Kier molecular flexibility index (Phi) is 11.2. The lowest BCUT2D eigenvalue weighted by molar-refractivity contribution is -0.140. The van der Waals surface area contributed by atoms with Crippen molar-refractivity contribution in [2.24, 2.45) is 0 Å². The molecule has 3 aromatic rings. The zero-order valence-electron chi connectivity index (χ0n) is 24.0. The number of carbonyl (C=O) groups excluding carboxylic acids is 2. The Balaban J connectivity index is 2.08. The number of hydrogen-bond acceptors (Lipinski definition) is 4. The van der Waals surface area contributed by atoms with E-state index in [4.69, 9.17) is 23.2 Å². The summed E-state index contributed by atoms with van der Waals surface area (Å²) >= 11 is 12.3. The van der Waals surface area contributed by atoms with Crippen molar-refractivity contribution >= 4 is 50.7 Å². The molecule has 0 bridgehead atoms. The van der Waals surface area contributed by atoms with Gasteiger partial charge in [-0.15, -0.1) is 0 Å². The maximum absolute atomic E-state index is 14.1. The van der Waals surface area contributed by atoms with E-state index in [9.17, 15) is 18.0 Å². The number of carbonyl (C=O) groups is 2. The van der Waals surface area contributed by atoms with Crippen LogP contribution in [0.2, 0.25) is 10.0 Å². The van der Waals surface area contributed by atoms with Crippen molar-refractivity contribution in [3.05, 3.63) is 94.0 Å². The first-order chi connectivity index (χ1) is 19.3. The zero-order valence-corrected chi connectivity index (χ0v) is 26.3. The van der Waals surface area contributed by atoms with Crippen molar-refractivity contribution in [1.29, 1.82) is 0 Å². The minimum Gasteiger partial charge on any atom is -0.352 e. The summed E-state index contributed by atoms with van der Waals surface area (Å²) in [6.45, 7) is 9.10. The molecule has 7 nitrogen and oxygen atoms in total. The van der Waals surface area contributed by atoms with Gasteiger partial charge in [0, 0.05) is 12.6 Å². The lowest BCUT2D eigenvalue weighted by Crippen LogP contribution is -2.53. The van der Waals surface area contributed by atoms with Gasteiger partial charge in [-0.05, 0) is 73.7 Å². The number of hydrogen-bond donors (Lipinski definition) is 1. The maximum atomic E-state index is 14.1. The Morgan fingerprint density at radius 3 is 2.05 bits per heavy atom. The van der Waals surface area contributed by atoms with Crippen LogP contribution in [0, 0.1) is 0 Å². The van der Waals surface area contributed by atoms with Crippen LogP contribution in [0.1, 0.15) is 58.1 Å². The SMILES string of the molecule is CC[C@@H](C(=O)NC(C)C)N(Cc1ccc(Cl)c(Cl)c1)C(=O)CN(c1ccc(C(C)C)cc1)S(=O)(=O)c1ccccc1. The van der Waals surface area contributed by atoms with E-state index in [2.05, 4.69) is 5.32 Å². The summed E-state index contributed by atoms with van der Waals surface area (Å²) in [5.74, 6) is -0.611. The molecule has 0 aliphatic carbocycles. The lowest BCUT2D eigenvalue weighted by atomic mass is 10.0. The first kappa shape index (κ1) is 32.4. The molecule has 2 amide bonds. The first-order valence-corrected chi connectivity index (χ1v) is 15.8. The molecular formula is C31H37Cl2N3O4S. The quantitative estimate of drug-likeness (QED) is 0.247. The van der Waals surface area contributed by atoms with Gasteiger partial charge in [0.1, 0.15) is 12.6 Å². The molecule has 41 heavy (non-hydrogen) atoms. The van der Waals surface area contributed by atoms with Crippen LogP contribution < -0.4 is 9.62 Å². The first-order valence-electron chi connectivity index (χ1n) is 13.6. The fraction of sp³-hybridized carbons (Fsp3) is 0.355. The average molecular weight is 619 g/mol. The van der Waals surface area contributed by atoms with Crippen molar-refractivity contribution in [2.75, 3.05) is 10.8 Å². The lowest BCUT2D eigenvalue weighted by Gasteiger charge is -2.33. The monoisotopic (exact) mass is 617 g/mol. The minimum atomic E-state index is -4.13. The Hall–Kier alpha value is -3.07. The Labute approximate surface area is 253 Å². The van der Waals surface area contributed by atoms with Crippen LogP contribution in [0.25, 0.3) is 0 Å². The summed E-state index contributed by atoms with van der Waals surface area (Å²) in [6.07, 6.45) is 0.320. The van der Waals surface area contributed by atoms with E-state index in [1.54, 1.807) is 48.5 Å². The molecule has 0 saturated carbocycles. The van der Waals surface area contributed by atoms with Gasteiger partial charge in [-0.3, -0.25) is 13.9 Å². The number of nitrogens with one attached hydrogen (secondary N) is 1. The molecule has 0 aromatic heterocycles. The molecule has 0 saturated heterocycles. The molecule has 0 heterocycles. The fourth-order valence-electron chi connectivity index (χ4n) is 4.41. The minimum absolute atomic E-state index is 0.0330. The topological polar surface area (TPSA) is 86.8 Å². The van der Waals surface area contributed by atoms with Gasteiger partial charge in [0.15, 0.2) is 0 Å². The smallest absolute Gasteiger partial charge is 0.264 e. The molecule has 3 rings (SSSR count). The molecule has 0 radical (unpaired) electrons. The van der Waals surface area contributed by atoms with Crippen LogP contribution in [-0.2, 0) is 26.2 Å². The summed E-state index contributed by atoms with van der Waals surface area (Å²) in [7, 11) is -4.13. The van der Waals surface area contributed by atoms with Crippen LogP contribution in [0.5, 0.6) is 0 Å². The second kappa shape index (κ2) is 14.2. The van der Waals surface area contributed by atoms with Gasteiger partial charge in [0.25, 0.3) is 10.0 Å². The summed E-state index contributed by atoms with van der Waals surface area (Å²) in [5, 5.41) is 3.56. The maximum Gasteiger partial charge on any atom is 0.264 e. The fourth-order valence-corrected chi connectivity index (χ4v) is 6.16. The molecule has 3 aromatic carbocycles. The number of anilines is 1. The van der Waals surface area contributed by atoms with Crippen molar-refractivity contribution in [1.82, 2.24) is 10.2 Å². The highest BCUT2D eigenvalue weighted by atomic mass is 35.5. The third kappa shape index (κ3) is 8.24. The van der Waals surface area contributed by atoms with Gasteiger partial charge in [0.05, 0.1) is 20.6 Å². The van der Waals surface area contributed by atoms with E-state index in [1.165, 1.54) is 17.0 Å². The van der Waals surface area contributed by atoms with Crippen LogP contribution in [0.4, 0.5) is 5.69 Å². The summed E-state index contributed by atoms with van der Waals surface area (Å²) in [6, 6.07) is 19.1.